The average Bonchev–Trinajstić information content (AvgIpc) is 3.34. The maximum atomic E-state index is 14.6. The fourth-order valence-corrected chi connectivity index (χ4v) is 4.81. The molecule has 1 aliphatic carbocycles. The summed E-state index contributed by atoms with van der Waals surface area (Å²) in [7, 11) is 0. The van der Waals surface area contributed by atoms with Crippen LogP contribution in [0.2, 0.25) is 0 Å². The number of anilines is 1. The van der Waals surface area contributed by atoms with E-state index in [1.807, 2.05) is 25.1 Å². The Hall–Kier alpha value is -2.93. The van der Waals surface area contributed by atoms with Crippen molar-refractivity contribution >= 4 is 33.4 Å². The zero-order valence-corrected chi connectivity index (χ0v) is 20.0. The Balaban J connectivity index is 1.75. The lowest BCUT2D eigenvalue weighted by molar-refractivity contribution is -0.129. The van der Waals surface area contributed by atoms with Crippen molar-refractivity contribution in [1.29, 1.82) is 0 Å². The zero-order chi connectivity index (χ0) is 23.4. The summed E-state index contributed by atoms with van der Waals surface area (Å²) >= 11 is 3.51. The van der Waals surface area contributed by atoms with Gasteiger partial charge in [0.1, 0.15) is 17.1 Å². The summed E-state index contributed by atoms with van der Waals surface area (Å²) in [5.41, 5.74) is 0.509. The van der Waals surface area contributed by atoms with Crippen LogP contribution in [0.3, 0.4) is 0 Å². The van der Waals surface area contributed by atoms with Crippen LogP contribution in [0.25, 0.3) is 0 Å². The molecule has 172 valence electrons. The molecule has 3 aromatic rings. The number of hydrogen-bond donors (Lipinski definition) is 1. The van der Waals surface area contributed by atoms with Crippen molar-refractivity contribution in [3.63, 3.8) is 0 Å². The minimum atomic E-state index is -1.12. The summed E-state index contributed by atoms with van der Waals surface area (Å²) in [4.78, 5) is 29.0. The Morgan fingerprint density at radius 3 is 2.52 bits per heavy atom. The molecule has 0 atom stereocenters. The fraction of sp³-hybridized carbons (Fsp3) is 0.308. The molecule has 0 saturated heterocycles. The quantitative estimate of drug-likeness (QED) is 0.411. The minimum Gasteiger partial charge on any atom is -0.467 e. The van der Waals surface area contributed by atoms with Crippen LogP contribution in [0.1, 0.15) is 53.8 Å². The Morgan fingerprint density at radius 1 is 1.09 bits per heavy atom. The van der Waals surface area contributed by atoms with E-state index >= 15 is 0 Å². The van der Waals surface area contributed by atoms with Crippen LogP contribution < -0.4 is 5.32 Å². The van der Waals surface area contributed by atoms with Gasteiger partial charge < -0.3 is 14.6 Å². The molecule has 4 rings (SSSR count). The predicted octanol–water partition coefficient (Wildman–Crippen LogP) is 6.47. The van der Waals surface area contributed by atoms with E-state index in [4.69, 9.17) is 4.42 Å². The standard InChI is InChI=1S/C26H26BrFN2O3/c1-18-11-12-19(16-22(18)27)29-25(32)26(13-5-2-6-14-26)30(17-20-8-7-15-33-20)24(31)21-9-3-4-10-23(21)28/h3-4,7-12,15-16H,2,5-6,13-14,17H2,1H3,(H,29,32). The predicted molar refractivity (Wildman–Crippen MR) is 128 cm³/mol. The maximum Gasteiger partial charge on any atom is 0.258 e. The summed E-state index contributed by atoms with van der Waals surface area (Å²) in [6.07, 6.45) is 5.08. The molecular formula is C26H26BrFN2O3. The molecule has 7 heteroatoms. The molecule has 0 unspecified atom stereocenters. The third-order valence-electron chi connectivity index (χ3n) is 6.29. The molecule has 2 amide bonds. The molecule has 0 radical (unpaired) electrons. The molecule has 1 saturated carbocycles. The first-order chi connectivity index (χ1) is 15.9. The number of halogens is 2. The number of carbonyl (C=O) groups excluding carboxylic acids is 2. The van der Waals surface area contributed by atoms with Gasteiger partial charge in [-0.15, -0.1) is 0 Å². The fourth-order valence-electron chi connectivity index (χ4n) is 4.43. The number of carbonyl (C=O) groups is 2. The molecule has 33 heavy (non-hydrogen) atoms. The number of hydrogen-bond acceptors (Lipinski definition) is 3. The van der Waals surface area contributed by atoms with Crippen LogP contribution in [0, 0.1) is 12.7 Å². The molecule has 1 fully saturated rings. The number of rotatable bonds is 6. The van der Waals surface area contributed by atoms with E-state index in [0.29, 0.717) is 24.3 Å². The number of benzene rings is 2. The van der Waals surface area contributed by atoms with Gasteiger partial charge in [-0.1, -0.05) is 53.4 Å². The molecule has 1 aromatic heterocycles. The van der Waals surface area contributed by atoms with Crippen LogP contribution in [0.15, 0.2) is 69.8 Å². The second-order valence-electron chi connectivity index (χ2n) is 8.46. The number of amides is 2. The number of aryl methyl sites for hydroxylation is 1. The van der Waals surface area contributed by atoms with Gasteiger partial charge in [0.25, 0.3) is 5.91 Å². The third kappa shape index (κ3) is 4.88. The zero-order valence-electron chi connectivity index (χ0n) is 18.4. The smallest absolute Gasteiger partial charge is 0.258 e. The normalized spacial score (nSPS) is 15.1. The highest BCUT2D eigenvalue weighted by molar-refractivity contribution is 9.10. The monoisotopic (exact) mass is 512 g/mol. The van der Waals surface area contributed by atoms with Crippen molar-refractivity contribution in [1.82, 2.24) is 4.90 Å². The highest BCUT2D eigenvalue weighted by Crippen LogP contribution is 2.37. The summed E-state index contributed by atoms with van der Waals surface area (Å²) in [6, 6.07) is 15.0. The van der Waals surface area contributed by atoms with Gasteiger partial charge in [-0.2, -0.15) is 0 Å². The third-order valence-corrected chi connectivity index (χ3v) is 7.15. The van der Waals surface area contributed by atoms with E-state index in [2.05, 4.69) is 21.2 Å². The Bertz CT molecular complexity index is 1140. The summed E-state index contributed by atoms with van der Waals surface area (Å²) < 4.78 is 21.0. The molecule has 0 spiro atoms. The molecule has 2 aromatic carbocycles. The molecule has 5 nitrogen and oxygen atoms in total. The highest BCUT2D eigenvalue weighted by Gasteiger charge is 2.48. The second kappa shape index (κ2) is 9.91. The van der Waals surface area contributed by atoms with Gasteiger partial charge >= 0.3 is 0 Å². The molecule has 0 aliphatic heterocycles. The van der Waals surface area contributed by atoms with Gasteiger partial charge in [0.15, 0.2) is 0 Å². The average molecular weight is 513 g/mol. The molecule has 0 bridgehead atoms. The van der Waals surface area contributed by atoms with Crippen LogP contribution in [-0.4, -0.2) is 22.3 Å². The first-order valence-electron chi connectivity index (χ1n) is 11.1. The van der Waals surface area contributed by atoms with Crippen molar-refractivity contribution in [2.75, 3.05) is 5.32 Å². The first kappa shape index (κ1) is 23.2. The van der Waals surface area contributed by atoms with Crippen molar-refractivity contribution in [2.24, 2.45) is 0 Å². The largest absolute Gasteiger partial charge is 0.467 e. The van der Waals surface area contributed by atoms with E-state index < -0.39 is 17.3 Å². The highest BCUT2D eigenvalue weighted by atomic mass is 79.9. The first-order valence-corrected chi connectivity index (χ1v) is 11.9. The van der Waals surface area contributed by atoms with Crippen LogP contribution in [0.5, 0.6) is 0 Å². The summed E-state index contributed by atoms with van der Waals surface area (Å²) in [5.74, 6) is -0.864. The Kier molecular flexibility index (Phi) is 6.98. The van der Waals surface area contributed by atoms with E-state index in [1.165, 1.54) is 23.3 Å². The van der Waals surface area contributed by atoms with Crippen LogP contribution in [-0.2, 0) is 11.3 Å². The lowest BCUT2D eigenvalue weighted by atomic mass is 9.78. The van der Waals surface area contributed by atoms with Crippen molar-refractivity contribution < 1.29 is 18.4 Å². The van der Waals surface area contributed by atoms with Gasteiger partial charge in [-0.25, -0.2) is 4.39 Å². The van der Waals surface area contributed by atoms with Gasteiger partial charge in [0.2, 0.25) is 5.91 Å². The van der Waals surface area contributed by atoms with Gasteiger partial charge in [0.05, 0.1) is 18.4 Å². The van der Waals surface area contributed by atoms with Gasteiger partial charge in [0, 0.05) is 10.2 Å². The molecule has 1 N–H and O–H groups in total. The van der Waals surface area contributed by atoms with Crippen LogP contribution in [0.4, 0.5) is 10.1 Å². The van der Waals surface area contributed by atoms with Crippen molar-refractivity contribution in [2.45, 2.75) is 51.1 Å². The van der Waals surface area contributed by atoms with Gasteiger partial charge in [-0.05, 0) is 61.7 Å². The van der Waals surface area contributed by atoms with E-state index in [1.54, 1.807) is 24.3 Å². The molecular weight excluding hydrogens is 487 g/mol. The number of nitrogens with zero attached hydrogens (tertiary/aromatic N) is 1. The van der Waals surface area contributed by atoms with Crippen molar-refractivity contribution in [3.8, 4) is 0 Å². The Labute approximate surface area is 201 Å². The summed E-state index contributed by atoms with van der Waals surface area (Å²) in [6.45, 7) is 2.04. The molecule has 1 aliphatic rings. The minimum absolute atomic E-state index is 0.0557. The van der Waals surface area contributed by atoms with Crippen molar-refractivity contribution in [3.05, 3.63) is 88.0 Å². The Morgan fingerprint density at radius 2 is 1.85 bits per heavy atom. The van der Waals surface area contributed by atoms with Gasteiger partial charge in [-0.3, -0.25) is 9.59 Å². The van der Waals surface area contributed by atoms with Crippen LogP contribution >= 0.6 is 15.9 Å². The van der Waals surface area contributed by atoms with E-state index in [9.17, 15) is 14.0 Å². The number of furan rings is 1. The lowest BCUT2D eigenvalue weighted by Gasteiger charge is -2.44. The van der Waals surface area contributed by atoms with E-state index in [-0.39, 0.29) is 18.0 Å². The maximum absolute atomic E-state index is 14.6. The second-order valence-corrected chi connectivity index (χ2v) is 9.32. The lowest BCUT2D eigenvalue weighted by Crippen LogP contribution is -2.59. The SMILES string of the molecule is Cc1ccc(NC(=O)C2(N(Cc3ccco3)C(=O)c3ccccc3F)CCCCC2)cc1Br. The number of nitrogens with one attached hydrogen (secondary N) is 1. The topological polar surface area (TPSA) is 62.6 Å². The molecule has 1 heterocycles. The summed E-state index contributed by atoms with van der Waals surface area (Å²) in [5, 5.41) is 3.01. The van der Waals surface area contributed by atoms with E-state index in [0.717, 1.165) is 29.3 Å².